The third kappa shape index (κ3) is 6.47. The number of pyridine rings is 1. The monoisotopic (exact) mass is 572 g/mol. The highest BCUT2D eigenvalue weighted by Gasteiger charge is 2.27. The normalized spacial score (nSPS) is 13.1. The maximum absolute atomic E-state index is 13.6. The molecule has 0 radical (unpaired) electrons. The van der Waals surface area contributed by atoms with Crippen molar-refractivity contribution in [2.75, 3.05) is 25.9 Å². The average Bonchev–Trinajstić information content (AvgIpc) is 3.49. The van der Waals surface area contributed by atoms with Gasteiger partial charge in [0.15, 0.2) is 22.5 Å². The largest absolute Gasteiger partial charge is 0.481 e. The Hall–Kier alpha value is -4.90. The van der Waals surface area contributed by atoms with E-state index in [0.29, 0.717) is 39.1 Å². The summed E-state index contributed by atoms with van der Waals surface area (Å²) in [7, 11) is 1.21. The number of urea groups is 1. The fourth-order valence-electron chi connectivity index (χ4n) is 4.36. The molecule has 0 aliphatic carbocycles. The van der Waals surface area contributed by atoms with Crippen molar-refractivity contribution in [2.24, 2.45) is 0 Å². The van der Waals surface area contributed by atoms with Gasteiger partial charge in [-0.1, -0.05) is 48.5 Å². The first-order chi connectivity index (χ1) is 19.9. The molecule has 4 aromatic rings. The Morgan fingerprint density at radius 1 is 1.00 bits per heavy atom. The van der Waals surface area contributed by atoms with Crippen molar-refractivity contribution >= 4 is 28.6 Å². The maximum Gasteiger partial charge on any atom is 0.327 e. The van der Waals surface area contributed by atoms with Gasteiger partial charge in [-0.15, -0.1) is 0 Å². The van der Waals surface area contributed by atoms with E-state index < -0.39 is 23.1 Å². The smallest absolute Gasteiger partial charge is 0.327 e. The molecule has 1 aromatic heterocycles. The van der Waals surface area contributed by atoms with Gasteiger partial charge in [0.25, 0.3) is 0 Å². The van der Waals surface area contributed by atoms with Crippen LogP contribution in [-0.4, -0.2) is 48.1 Å². The van der Waals surface area contributed by atoms with Crippen LogP contribution in [0.25, 0.3) is 11.1 Å². The Kier molecular flexibility index (Phi) is 8.44. The standard InChI is InChI=1S/C30H28N4O6S/c1-34(22-13-14-25-26(17-22)40-19-39-25)29(35)24(16-20-8-4-3-5-9-20)32-30(36)33-41(37)27-11-7-6-10-23(27)21-12-15-28(38-2)31-18-21/h3-15,17-18,24H,16,19H2,1-2H3,(H2,32,33,36). The molecule has 41 heavy (non-hydrogen) atoms. The molecule has 2 heterocycles. The third-order valence-electron chi connectivity index (χ3n) is 6.49. The number of benzene rings is 3. The van der Waals surface area contributed by atoms with Crippen molar-refractivity contribution in [2.45, 2.75) is 17.4 Å². The number of anilines is 1. The number of nitrogens with one attached hydrogen (secondary N) is 2. The molecule has 0 saturated heterocycles. The summed E-state index contributed by atoms with van der Waals surface area (Å²) < 4.78 is 31.7. The van der Waals surface area contributed by atoms with Crippen LogP contribution in [0.2, 0.25) is 0 Å². The summed E-state index contributed by atoms with van der Waals surface area (Å²) in [4.78, 5) is 32.8. The maximum atomic E-state index is 13.6. The summed E-state index contributed by atoms with van der Waals surface area (Å²) in [5.41, 5.74) is 2.77. The van der Waals surface area contributed by atoms with Crippen LogP contribution in [0.15, 0.2) is 96.0 Å². The summed E-state index contributed by atoms with van der Waals surface area (Å²) in [5, 5.41) is 2.72. The van der Waals surface area contributed by atoms with Crippen molar-refractivity contribution < 1.29 is 28.0 Å². The minimum absolute atomic E-state index is 0.115. The number of aromatic nitrogens is 1. The van der Waals surface area contributed by atoms with Crippen molar-refractivity contribution in [3.05, 3.63) is 96.7 Å². The molecule has 2 N–H and O–H groups in total. The van der Waals surface area contributed by atoms with Gasteiger partial charge in [0.2, 0.25) is 18.6 Å². The van der Waals surface area contributed by atoms with Crippen LogP contribution >= 0.6 is 0 Å². The van der Waals surface area contributed by atoms with E-state index in [0.717, 1.165) is 5.56 Å². The Balaban J connectivity index is 1.33. The minimum atomic E-state index is -1.93. The lowest BCUT2D eigenvalue weighted by atomic mass is 10.0. The summed E-state index contributed by atoms with van der Waals surface area (Å²) in [6.07, 6.45) is 1.83. The number of hydrogen-bond acceptors (Lipinski definition) is 7. The molecular formula is C30H28N4O6S. The molecule has 0 spiro atoms. The van der Waals surface area contributed by atoms with Gasteiger partial charge in [0, 0.05) is 48.6 Å². The van der Waals surface area contributed by atoms with Crippen LogP contribution in [0.5, 0.6) is 17.4 Å². The molecule has 0 bridgehead atoms. The first-order valence-electron chi connectivity index (χ1n) is 12.7. The van der Waals surface area contributed by atoms with Gasteiger partial charge in [-0.2, -0.15) is 0 Å². The van der Waals surface area contributed by atoms with Gasteiger partial charge in [-0.25, -0.2) is 14.0 Å². The average molecular weight is 573 g/mol. The lowest BCUT2D eigenvalue weighted by Gasteiger charge is -2.25. The van der Waals surface area contributed by atoms with E-state index in [1.54, 1.807) is 67.8 Å². The summed E-state index contributed by atoms with van der Waals surface area (Å²) in [6, 6.07) is 23.3. The van der Waals surface area contributed by atoms with E-state index in [-0.39, 0.29) is 19.1 Å². The van der Waals surface area contributed by atoms with E-state index in [1.807, 2.05) is 30.3 Å². The highest BCUT2D eigenvalue weighted by atomic mass is 32.2. The van der Waals surface area contributed by atoms with E-state index in [2.05, 4.69) is 15.0 Å². The number of methoxy groups -OCH3 is 1. The number of amides is 3. The second kappa shape index (κ2) is 12.5. The van der Waals surface area contributed by atoms with Gasteiger partial charge < -0.3 is 24.4 Å². The van der Waals surface area contributed by atoms with Crippen LogP contribution in [-0.2, 0) is 22.2 Å². The quantitative estimate of drug-likeness (QED) is 0.310. The lowest BCUT2D eigenvalue weighted by molar-refractivity contribution is -0.120. The van der Waals surface area contributed by atoms with Crippen LogP contribution < -0.4 is 29.1 Å². The van der Waals surface area contributed by atoms with Gasteiger partial charge >= 0.3 is 6.03 Å². The molecule has 10 nitrogen and oxygen atoms in total. The molecule has 1 aliphatic rings. The van der Waals surface area contributed by atoms with E-state index in [4.69, 9.17) is 14.2 Å². The zero-order valence-corrected chi connectivity index (χ0v) is 23.2. The summed E-state index contributed by atoms with van der Waals surface area (Å²) >= 11 is 0. The van der Waals surface area contributed by atoms with Gasteiger partial charge in [0.1, 0.15) is 6.04 Å². The molecule has 2 unspecified atom stereocenters. The van der Waals surface area contributed by atoms with Crippen molar-refractivity contribution in [3.8, 4) is 28.5 Å². The highest BCUT2D eigenvalue weighted by Crippen LogP contribution is 2.35. The van der Waals surface area contributed by atoms with Gasteiger partial charge in [0.05, 0.1) is 12.0 Å². The first-order valence-corrected chi connectivity index (χ1v) is 13.9. The SMILES string of the molecule is COc1ccc(-c2ccccc2S(=O)NC(=O)NC(Cc2ccccc2)C(=O)N(C)c2ccc3c(c2)OCO3)cn1. The van der Waals surface area contributed by atoms with Crippen LogP contribution in [0.3, 0.4) is 0 Å². The Morgan fingerprint density at radius 3 is 2.51 bits per heavy atom. The fraction of sp³-hybridized carbons (Fsp3) is 0.167. The summed E-state index contributed by atoms with van der Waals surface area (Å²) in [5.74, 6) is 1.22. The molecule has 210 valence electrons. The Morgan fingerprint density at radius 2 is 1.76 bits per heavy atom. The van der Waals surface area contributed by atoms with E-state index in [1.165, 1.54) is 12.0 Å². The van der Waals surface area contributed by atoms with E-state index >= 15 is 0 Å². The molecule has 11 heteroatoms. The van der Waals surface area contributed by atoms with Crippen LogP contribution in [0.4, 0.5) is 10.5 Å². The van der Waals surface area contributed by atoms with Crippen molar-refractivity contribution in [1.82, 2.24) is 15.0 Å². The molecule has 3 aromatic carbocycles. The van der Waals surface area contributed by atoms with Crippen molar-refractivity contribution in [1.29, 1.82) is 0 Å². The molecule has 1 aliphatic heterocycles. The Labute approximate surface area is 239 Å². The number of ether oxygens (including phenoxy) is 3. The lowest BCUT2D eigenvalue weighted by Crippen LogP contribution is -2.51. The summed E-state index contributed by atoms with van der Waals surface area (Å²) in [6.45, 7) is 0.115. The first kappa shape index (κ1) is 27.7. The zero-order chi connectivity index (χ0) is 28.8. The predicted octanol–water partition coefficient (Wildman–Crippen LogP) is 4.08. The zero-order valence-electron chi connectivity index (χ0n) is 22.4. The molecule has 0 fully saturated rings. The highest BCUT2D eigenvalue weighted by molar-refractivity contribution is 7.83. The number of nitrogens with zero attached hydrogens (tertiary/aromatic N) is 2. The number of fused-ring (bicyclic) bond motifs is 1. The fourth-order valence-corrected chi connectivity index (χ4v) is 5.28. The minimum Gasteiger partial charge on any atom is -0.481 e. The number of hydrogen-bond donors (Lipinski definition) is 2. The number of likely N-dealkylation sites (N-methyl/N-ethyl adjacent to an activating group) is 1. The van der Waals surface area contributed by atoms with Crippen molar-refractivity contribution in [3.63, 3.8) is 0 Å². The predicted molar refractivity (Wildman–Crippen MR) is 154 cm³/mol. The number of carbonyl (C=O) groups is 2. The molecule has 0 saturated carbocycles. The number of rotatable bonds is 9. The second-order valence-electron chi connectivity index (χ2n) is 9.11. The molecule has 3 amide bonds. The third-order valence-corrected chi connectivity index (χ3v) is 7.62. The van der Waals surface area contributed by atoms with Crippen LogP contribution in [0.1, 0.15) is 5.56 Å². The van der Waals surface area contributed by atoms with Crippen LogP contribution in [0, 0.1) is 0 Å². The second-order valence-corrected chi connectivity index (χ2v) is 10.3. The van der Waals surface area contributed by atoms with Gasteiger partial charge in [-0.3, -0.25) is 9.52 Å². The topological polar surface area (TPSA) is 119 Å². The van der Waals surface area contributed by atoms with Gasteiger partial charge in [-0.05, 0) is 29.8 Å². The molecule has 5 rings (SSSR count). The Bertz CT molecular complexity index is 1570. The van der Waals surface area contributed by atoms with E-state index in [9.17, 15) is 13.8 Å². The number of carbonyl (C=O) groups excluding carboxylic acids is 2. The molecular weight excluding hydrogens is 544 g/mol. The molecule has 2 atom stereocenters.